The number of aromatic nitrogens is 3. The Morgan fingerprint density at radius 3 is 2.67 bits per heavy atom. The third-order valence-electron chi connectivity index (χ3n) is 7.90. The van der Waals surface area contributed by atoms with E-state index < -0.39 is 0 Å². The molecule has 1 saturated heterocycles. The maximum atomic E-state index is 13.2. The lowest BCUT2D eigenvalue weighted by atomic mass is 9.97. The van der Waals surface area contributed by atoms with Crippen LogP contribution in [0.4, 0.5) is 0 Å². The third-order valence-corrected chi connectivity index (χ3v) is 7.90. The van der Waals surface area contributed by atoms with Gasteiger partial charge in [0.25, 0.3) is 5.91 Å². The van der Waals surface area contributed by atoms with Gasteiger partial charge in [-0.1, -0.05) is 19.1 Å². The lowest BCUT2D eigenvalue weighted by Crippen LogP contribution is -2.33. The number of methoxy groups -OCH3 is 1. The minimum atomic E-state index is 0.0564. The summed E-state index contributed by atoms with van der Waals surface area (Å²) in [5.74, 6) is 1.37. The van der Waals surface area contributed by atoms with Crippen LogP contribution in [0, 0.1) is 5.92 Å². The first-order chi connectivity index (χ1) is 19.1. The first-order valence-electron chi connectivity index (χ1n) is 13.5. The predicted octanol–water partition coefficient (Wildman–Crippen LogP) is 5.87. The van der Waals surface area contributed by atoms with Crippen LogP contribution in [0.3, 0.4) is 0 Å². The molecular formula is C32H33N5O2. The minimum Gasteiger partial charge on any atom is -0.496 e. The highest BCUT2D eigenvalue weighted by Crippen LogP contribution is 2.41. The number of hydrogen-bond acceptors (Lipinski definition) is 5. The molecule has 1 aliphatic heterocycles. The smallest absolute Gasteiger partial charge is 0.253 e. The number of nitrogens with one attached hydrogen (secondary N) is 1. The predicted molar refractivity (Wildman–Crippen MR) is 156 cm³/mol. The zero-order valence-corrected chi connectivity index (χ0v) is 22.6. The van der Waals surface area contributed by atoms with Gasteiger partial charge in [0, 0.05) is 65.5 Å². The van der Waals surface area contributed by atoms with Gasteiger partial charge in [-0.2, -0.15) is 0 Å². The highest BCUT2D eigenvalue weighted by atomic mass is 16.5. The van der Waals surface area contributed by atoms with Crippen molar-refractivity contribution in [3.63, 3.8) is 0 Å². The Kier molecular flexibility index (Phi) is 6.75. The van der Waals surface area contributed by atoms with E-state index >= 15 is 0 Å². The van der Waals surface area contributed by atoms with Crippen LogP contribution in [0.25, 0.3) is 44.2 Å². The van der Waals surface area contributed by atoms with Crippen LogP contribution in [0.1, 0.15) is 23.7 Å². The lowest BCUT2D eigenvalue weighted by molar-refractivity contribution is 0.0773. The van der Waals surface area contributed by atoms with Crippen LogP contribution in [-0.4, -0.2) is 71.0 Å². The summed E-state index contributed by atoms with van der Waals surface area (Å²) in [5.41, 5.74) is 6.45. The molecule has 198 valence electrons. The van der Waals surface area contributed by atoms with Crippen LogP contribution < -0.4 is 4.74 Å². The fourth-order valence-electron chi connectivity index (χ4n) is 5.82. The molecule has 0 bridgehead atoms. The van der Waals surface area contributed by atoms with Gasteiger partial charge in [0.2, 0.25) is 0 Å². The highest BCUT2D eigenvalue weighted by molar-refractivity contribution is 6.16. The zero-order valence-electron chi connectivity index (χ0n) is 22.6. The summed E-state index contributed by atoms with van der Waals surface area (Å²) < 4.78 is 5.83. The molecule has 0 aliphatic carbocycles. The van der Waals surface area contributed by atoms with E-state index in [4.69, 9.17) is 4.74 Å². The molecule has 0 saturated carbocycles. The molecule has 39 heavy (non-hydrogen) atoms. The fraction of sp³-hybridized carbons (Fsp3) is 0.281. The standard InChI is InChI=1S/C32H33N5O2/c1-4-37-15-13-21(20-37)19-36(2)32(38)23-9-7-22(8-10-23)30-29(39-3)12-11-26-31(30)25-16-27(34-18-28(25)35-26)24-6-5-14-33-17-24/h5-12,14,16-18,21,35H,4,13,15,19-20H2,1-3H3. The van der Waals surface area contributed by atoms with E-state index in [1.54, 1.807) is 13.3 Å². The fourth-order valence-corrected chi connectivity index (χ4v) is 5.82. The maximum absolute atomic E-state index is 13.2. The van der Waals surface area contributed by atoms with E-state index in [9.17, 15) is 4.79 Å². The van der Waals surface area contributed by atoms with Crippen molar-refractivity contribution in [1.29, 1.82) is 0 Å². The Bertz CT molecular complexity index is 1630. The van der Waals surface area contributed by atoms with Gasteiger partial charge < -0.3 is 19.5 Å². The Morgan fingerprint density at radius 2 is 1.95 bits per heavy atom. The number of aromatic amines is 1. The van der Waals surface area contributed by atoms with Crippen LogP contribution in [0.2, 0.25) is 0 Å². The molecule has 0 spiro atoms. The van der Waals surface area contributed by atoms with Crippen molar-refractivity contribution in [1.82, 2.24) is 24.8 Å². The molecule has 2 aromatic carbocycles. The van der Waals surface area contributed by atoms with Crippen molar-refractivity contribution in [3.8, 4) is 28.1 Å². The van der Waals surface area contributed by atoms with E-state index in [1.807, 2.05) is 72.9 Å². The molecule has 1 atom stereocenters. The maximum Gasteiger partial charge on any atom is 0.253 e. The molecule has 4 heterocycles. The average molecular weight is 520 g/mol. The quantitative estimate of drug-likeness (QED) is 0.291. The first-order valence-corrected chi connectivity index (χ1v) is 13.5. The van der Waals surface area contributed by atoms with Gasteiger partial charge >= 0.3 is 0 Å². The van der Waals surface area contributed by atoms with E-state index in [2.05, 4.69) is 32.8 Å². The zero-order chi connectivity index (χ0) is 26.9. The molecule has 7 heteroatoms. The Hall–Kier alpha value is -4.23. The molecule has 0 radical (unpaired) electrons. The number of pyridine rings is 2. The Morgan fingerprint density at radius 1 is 1.10 bits per heavy atom. The summed E-state index contributed by atoms with van der Waals surface area (Å²) in [6.45, 7) is 6.25. The number of amides is 1. The average Bonchev–Trinajstić information content (AvgIpc) is 3.60. The summed E-state index contributed by atoms with van der Waals surface area (Å²) in [6, 6.07) is 17.9. The van der Waals surface area contributed by atoms with Crippen molar-refractivity contribution < 1.29 is 9.53 Å². The Labute approximate surface area is 228 Å². The monoisotopic (exact) mass is 519 g/mol. The number of H-pyrrole nitrogens is 1. The summed E-state index contributed by atoms with van der Waals surface area (Å²) in [5, 5.41) is 2.13. The summed E-state index contributed by atoms with van der Waals surface area (Å²) in [4.78, 5) is 30.0. The SMILES string of the molecule is CCN1CCC(CN(C)C(=O)c2ccc(-c3c(OC)ccc4[nH]c5cnc(-c6cccnc6)cc5c34)cc2)C1. The molecule has 3 aromatic heterocycles. The van der Waals surface area contributed by atoms with Gasteiger partial charge in [0.1, 0.15) is 5.75 Å². The molecule has 1 aliphatic rings. The highest BCUT2D eigenvalue weighted by Gasteiger charge is 2.24. The lowest BCUT2D eigenvalue weighted by Gasteiger charge is -2.22. The third kappa shape index (κ3) is 4.74. The number of carbonyl (C=O) groups is 1. The normalized spacial score (nSPS) is 15.7. The molecule has 5 aromatic rings. The van der Waals surface area contributed by atoms with Crippen molar-refractivity contribution in [2.45, 2.75) is 13.3 Å². The number of hydrogen-bond donors (Lipinski definition) is 1. The molecule has 7 nitrogen and oxygen atoms in total. The van der Waals surface area contributed by atoms with E-state index in [1.165, 1.54) is 0 Å². The largest absolute Gasteiger partial charge is 0.496 e. The second-order valence-corrected chi connectivity index (χ2v) is 10.4. The summed E-state index contributed by atoms with van der Waals surface area (Å²) in [6.07, 6.45) is 6.60. The molecule has 1 fully saturated rings. The number of carbonyl (C=O) groups excluding carboxylic acids is 1. The van der Waals surface area contributed by atoms with Gasteiger partial charge in [-0.3, -0.25) is 14.8 Å². The topological polar surface area (TPSA) is 74.3 Å². The molecular weight excluding hydrogens is 486 g/mol. The van der Waals surface area contributed by atoms with Gasteiger partial charge in [0.15, 0.2) is 0 Å². The number of fused-ring (bicyclic) bond motifs is 3. The first kappa shape index (κ1) is 25.1. The van der Waals surface area contributed by atoms with Crippen LogP contribution in [-0.2, 0) is 0 Å². The van der Waals surface area contributed by atoms with Crippen molar-refractivity contribution in [2.24, 2.45) is 5.92 Å². The summed E-state index contributed by atoms with van der Waals surface area (Å²) in [7, 11) is 3.60. The Balaban J connectivity index is 1.35. The number of likely N-dealkylation sites (tertiary alicyclic amines) is 1. The molecule has 1 N–H and O–H groups in total. The van der Waals surface area contributed by atoms with Crippen molar-refractivity contribution >= 4 is 27.7 Å². The molecule has 1 unspecified atom stereocenters. The van der Waals surface area contributed by atoms with Crippen LogP contribution in [0.15, 0.2) is 73.2 Å². The van der Waals surface area contributed by atoms with Crippen LogP contribution in [0.5, 0.6) is 5.75 Å². The van der Waals surface area contributed by atoms with E-state index in [-0.39, 0.29) is 5.91 Å². The number of rotatable bonds is 7. The van der Waals surface area contributed by atoms with Crippen molar-refractivity contribution in [3.05, 3.63) is 78.8 Å². The summed E-state index contributed by atoms with van der Waals surface area (Å²) >= 11 is 0. The molecule has 6 rings (SSSR count). The number of nitrogens with zero attached hydrogens (tertiary/aromatic N) is 4. The number of ether oxygens (including phenoxy) is 1. The second-order valence-electron chi connectivity index (χ2n) is 10.4. The van der Waals surface area contributed by atoms with Gasteiger partial charge in [-0.15, -0.1) is 0 Å². The van der Waals surface area contributed by atoms with E-state index in [0.717, 1.165) is 82.5 Å². The van der Waals surface area contributed by atoms with Gasteiger partial charge in [0.05, 0.1) is 24.5 Å². The van der Waals surface area contributed by atoms with Crippen molar-refractivity contribution in [2.75, 3.05) is 40.3 Å². The second kappa shape index (κ2) is 10.5. The van der Waals surface area contributed by atoms with Gasteiger partial charge in [-0.05, 0) is 73.5 Å². The minimum absolute atomic E-state index is 0.0564. The molecule has 1 amide bonds. The van der Waals surface area contributed by atoms with E-state index in [0.29, 0.717) is 11.5 Å². The van der Waals surface area contributed by atoms with Gasteiger partial charge in [-0.25, -0.2) is 0 Å². The van der Waals surface area contributed by atoms with Crippen LogP contribution >= 0.6 is 0 Å². The number of benzene rings is 2.